The van der Waals surface area contributed by atoms with E-state index >= 15 is 0 Å². The number of carbonyl (C=O) groups is 2. The molecule has 2 amide bonds. The van der Waals surface area contributed by atoms with Gasteiger partial charge in [0.2, 0.25) is 11.8 Å². The highest BCUT2D eigenvalue weighted by Gasteiger charge is 2.15. The minimum absolute atomic E-state index is 0.00878. The normalized spacial score (nSPS) is 10.6. The van der Waals surface area contributed by atoms with E-state index in [-0.39, 0.29) is 24.7 Å². The van der Waals surface area contributed by atoms with Gasteiger partial charge in [0.1, 0.15) is 0 Å². The first kappa shape index (κ1) is 19.0. The molecule has 0 aromatic heterocycles. The van der Waals surface area contributed by atoms with Crippen LogP contribution in [0.1, 0.15) is 19.8 Å². The van der Waals surface area contributed by atoms with Crippen molar-refractivity contribution in [2.45, 2.75) is 19.8 Å². The standard InChI is InChI=1S/C14H19BrN4O4/c1-2-3-6-18(8-13(16)20)9-14(21)17-12-5-4-10(19(22)23)7-11(12)15/h4-5,7H,2-3,6,8-9H2,1H3,(H2,16,20)(H,17,21). The Morgan fingerprint density at radius 1 is 1.39 bits per heavy atom. The van der Waals surface area contributed by atoms with Crippen LogP contribution in [0, 0.1) is 10.1 Å². The number of nitrogens with two attached hydrogens (primary N) is 1. The molecule has 0 aliphatic rings. The summed E-state index contributed by atoms with van der Waals surface area (Å²) >= 11 is 3.19. The second kappa shape index (κ2) is 9.21. The Kier molecular flexibility index (Phi) is 7.63. The van der Waals surface area contributed by atoms with Crippen molar-refractivity contribution < 1.29 is 14.5 Å². The number of nitrogens with zero attached hydrogens (tertiary/aromatic N) is 2. The predicted molar refractivity (Wildman–Crippen MR) is 90.0 cm³/mol. The van der Waals surface area contributed by atoms with Crippen LogP contribution in [0.5, 0.6) is 0 Å². The van der Waals surface area contributed by atoms with Crippen molar-refractivity contribution in [1.82, 2.24) is 4.90 Å². The predicted octanol–water partition coefficient (Wildman–Crippen LogP) is 1.88. The van der Waals surface area contributed by atoms with E-state index in [1.807, 2.05) is 6.92 Å². The Labute approximate surface area is 142 Å². The third kappa shape index (κ3) is 6.74. The number of non-ortho nitro benzene ring substituents is 1. The molecular weight excluding hydrogens is 368 g/mol. The molecular formula is C14H19BrN4O4. The van der Waals surface area contributed by atoms with Gasteiger partial charge in [-0.25, -0.2) is 0 Å². The van der Waals surface area contributed by atoms with Gasteiger partial charge in [0.05, 0.1) is 23.7 Å². The summed E-state index contributed by atoms with van der Waals surface area (Å²) < 4.78 is 0.412. The third-order valence-electron chi connectivity index (χ3n) is 3.01. The summed E-state index contributed by atoms with van der Waals surface area (Å²) in [6, 6.07) is 4.07. The Bertz CT molecular complexity index is 594. The molecule has 0 saturated carbocycles. The Morgan fingerprint density at radius 3 is 2.61 bits per heavy atom. The molecule has 1 aromatic rings. The van der Waals surface area contributed by atoms with Gasteiger partial charge in [-0.2, -0.15) is 0 Å². The molecule has 1 rings (SSSR count). The van der Waals surface area contributed by atoms with Crippen LogP contribution < -0.4 is 11.1 Å². The van der Waals surface area contributed by atoms with Gasteiger partial charge in [0, 0.05) is 16.6 Å². The summed E-state index contributed by atoms with van der Waals surface area (Å²) in [5.74, 6) is -0.817. The molecule has 0 heterocycles. The summed E-state index contributed by atoms with van der Waals surface area (Å²) in [7, 11) is 0. The lowest BCUT2D eigenvalue weighted by Crippen LogP contribution is -2.39. The molecule has 0 bridgehead atoms. The molecule has 0 aliphatic carbocycles. The Hall–Kier alpha value is -2.00. The van der Waals surface area contributed by atoms with E-state index < -0.39 is 10.8 Å². The highest BCUT2D eigenvalue weighted by Crippen LogP contribution is 2.27. The number of rotatable bonds is 9. The van der Waals surface area contributed by atoms with Crippen molar-refractivity contribution in [3.63, 3.8) is 0 Å². The van der Waals surface area contributed by atoms with Crippen molar-refractivity contribution in [2.24, 2.45) is 5.73 Å². The number of nitro benzene ring substituents is 1. The van der Waals surface area contributed by atoms with Crippen LogP contribution in [0.2, 0.25) is 0 Å². The number of hydrogen-bond donors (Lipinski definition) is 2. The van der Waals surface area contributed by atoms with Crippen LogP contribution >= 0.6 is 15.9 Å². The van der Waals surface area contributed by atoms with Crippen LogP contribution in [-0.2, 0) is 9.59 Å². The maximum absolute atomic E-state index is 12.1. The fourth-order valence-corrected chi connectivity index (χ4v) is 2.39. The van der Waals surface area contributed by atoms with Crippen LogP contribution in [0.25, 0.3) is 0 Å². The number of primary amides is 1. The zero-order valence-corrected chi connectivity index (χ0v) is 14.3. The lowest BCUT2D eigenvalue weighted by molar-refractivity contribution is -0.384. The number of nitrogens with one attached hydrogen (secondary N) is 1. The molecule has 0 atom stereocenters. The number of anilines is 1. The van der Waals surface area contributed by atoms with Gasteiger partial charge >= 0.3 is 0 Å². The molecule has 0 unspecified atom stereocenters. The quantitative estimate of drug-likeness (QED) is 0.495. The van der Waals surface area contributed by atoms with Gasteiger partial charge < -0.3 is 11.1 Å². The second-order valence-corrected chi connectivity index (χ2v) is 5.85. The summed E-state index contributed by atoms with van der Waals surface area (Å²) in [5.41, 5.74) is 5.53. The minimum atomic E-state index is -0.518. The molecule has 23 heavy (non-hydrogen) atoms. The molecule has 9 heteroatoms. The maximum Gasteiger partial charge on any atom is 0.270 e. The van der Waals surface area contributed by atoms with Gasteiger partial charge in [0.15, 0.2) is 0 Å². The van der Waals surface area contributed by atoms with Crippen LogP contribution in [0.3, 0.4) is 0 Å². The van der Waals surface area contributed by atoms with E-state index in [1.165, 1.54) is 18.2 Å². The molecule has 0 fully saturated rings. The number of halogens is 1. The van der Waals surface area contributed by atoms with E-state index in [0.717, 1.165) is 12.8 Å². The molecule has 3 N–H and O–H groups in total. The first-order valence-electron chi connectivity index (χ1n) is 7.08. The van der Waals surface area contributed by atoms with Crippen molar-refractivity contribution in [3.8, 4) is 0 Å². The molecule has 8 nitrogen and oxygen atoms in total. The van der Waals surface area contributed by atoms with Gasteiger partial charge in [-0.1, -0.05) is 13.3 Å². The summed E-state index contributed by atoms with van der Waals surface area (Å²) in [6.45, 7) is 2.63. The third-order valence-corrected chi connectivity index (χ3v) is 3.67. The number of amides is 2. The van der Waals surface area contributed by atoms with Crippen molar-refractivity contribution >= 4 is 39.1 Å². The average molecular weight is 387 g/mol. The largest absolute Gasteiger partial charge is 0.369 e. The fraction of sp³-hybridized carbons (Fsp3) is 0.429. The number of benzene rings is 1. The van der Waals surface area contributed by atoms with Crippen molar-refractivity contribution in [2.75, 3.05) is 25.0 Å². The molecule has 1 aromatic carbocycles. The first-order chi connectivity index (χ1) is 10.8. The smallest absolute Gasteiger partial charge is 0.270 e. The van der Waals surface area contributed by atoms with Gasteiger partial charge in [-0.05, 0) is 35.0 Å². The number of unbranched alkanes of at least 4 members (excludes halogenated alkanes) is 1. The summed E-state index contributed by atoms with van der Waals surface area (Å²) in [4.78, 5) is 35.0. The van der Waals surface area contributed by atoms with E-state index in [9.17, 15) is 19.7 Å². The topological polar surface area (TPSA) is 119 Å². The highest BCUT2D eigenvalue weighted by molar-refractivity contribution is 9.10. The molecule has 0 spiro atoms. The van der Waals surface area contributed by atoms with Crippen molar-refractivity contribution in [3.05, 3.63) is 32.8 Å². The zero-order chi connectivity index (χ0) is 17.4. The van der Waals surface area contributed by atoms with Crippen LogP contribution in [0.15, 0.2) is 22.7 Å². The van der Waals surface area contributed by atoms with Crippen LogP contribution in [0.4, 0.5) is 11.4 Å². The Morgan fingerprint density at radius 2 is 2.09 bits per heavy atom. The van der Waals surface area contributed by atoms with E-state index in [2.05, 4.69) is 21.2 Å². The zero-order valence-electron chi connectivity index (χ0n) is 12.8. The number of hydrogen-bond acceptors (Lipinski definition) is 5. The fourth-order valence-electron chi connectivity index (χ4n) is 1.93. The van der Waals surface area contributed by atoms with E-state index in [0.29, 0.717) is 16.7 Å². The van der Waals surface area contributed by atoms with E-state index in [1.54, 1.807) is 4.90 Å². The van der Waals surface area contributed by atoms with E-state index in [4.69, 9.17) is 5.73 Å². The monoisotopic (exact) mass is 386 g/mol. The van der Waals surface area contributed by atoms with Gasteiger partial charge in [0.25, 0.3) is 5.69 Å². The molecule has 0 aliphatic heterocycles. The summed E-state index contributed by atoms with van der Waals surface area (Å²) in [5, 5.41) is 13.3. The number of carbonyl (C=O) groups excluding carboxylic acids is 2. The second-order valence-electron chi connectivity index (χ2n) is 5.00. The first-order valence-corrected chi connectivity index (χ1v) is 7.87. The summed E-state index contributed by atoms with van der Waals surface area (Å²) in [6.07, 6.45) is 1.78. The molecule has 0 radical (unpaired) electrons. The highest BCUT2D eigenvalue weighted by atomic mass is 79.9. The van der Waals surface area contributed by atoms with Crippen molar-refractivity contribution in [1.29, 1.82) is 0 Å². The Balaban J connectivity index is 2.70. The van der Waals surface area contributed by atoms with Gasteiger partial charge in [-0.15, -0.1) is 0 Å². The maximum atomic E-state index is 12.1. The SMILES string of the molecule is CCCCN(CC(N)=O)CC(=O)Nc1ccc([N+](=O)[O-])cc1Br. The lowest BCUT2D eigenvalue weighted by Gasteiger charge is -2.20. The average Bonchev–Trinajstić information content (AvgIpc) is 2.46. The van der Waals surface area contributed by atoms with Gasteiger partial charge in [-0.3, -0.25) is 24.6 Å². The number of nitro groups is 1. The lowest BCUT2D eigenvalue weighted by atomic mass is 10.2. The molecule has 126 valence electrons. The molecule has 0 saturated heterocycles. The van der Waals surface area contributed by atoms with Crippen LogP contribution in [-0.4, -0.2) is 41.3 Å². The minimum Gasteiger partial charge on any atom is -0.369 e.